The zero-order valence-corrected chi connectivity index (χ0v) is 18.0. The number of rotatable bonds is 2. The molecule has 6 rings (SSSR count). The molecule has 0 saturated carbocycles. The van der Waals surface area contributed by atoms with Crippen LogP contribution in [0.2, 0.25) is 0 Å². The van der Waals surface area contributed by atoms with E-state index in [2.05, 4.69) is 58.5 Å². The highest BCUT2D eigenvalue weighted by Crippen LogP contribution is 2.41. The number of nitrogens with zero attached hydrogens (tertiary/aromatic N) is 4. The van der Waals surface area contributed by atoms with E-state index in [-0.39, 0.29) is 0 Å². The van der Waals surface area contributed by atoms with Crippen LogP contribution in [-0.4, -0.2) is 9.97 Å². The van der Waals surface area contributed by atoms with Gasteiger partial charge in [0, 0.05) is 12.4 Å². The summed E-state index contributed by atoms with van der Waals surface area (Å²) in [5, 5.41) is 25.5. The number of benzene rings is 4. The molecule has 0 aliphatic carbocycles. The van der Waals surface area contributed by atoms with Crippen molar-refractivity contribution in [1.29, 1.82) is 10.5 Å². The molecule has 0 spiro atoms. The molecule has 156 valence electrons. The van der Waals surface area contributed by atoms with Gasteiger partial charge in [-0.25, -0.2) is 9.97 Å². The predicted molar refractivity (Wildman–Crippen MR) is 135 cm³/mol. The molecule has 4 nitrogen and oxygen atoms in total. The fourth-order valence-corrected chi connectivity index (χ4v) is 4.75. The zero-order chi connectivity index (χ0) is 23.1. The second-order valence-corrected chi connectivity index (χ2v) is 8.12. The fourth-order valence-electron chi connectivity index (χ4n) is 4.75. The van der Waals surface area contributed by atoms with Gasteiger partial charge in [-0.2, -0.15) is 10.5 Å². The fraction of sp³-hybridized carbons (Fsp3) is 0. The Bertz CT molecular complexity index is 1700. The van der Waals surface area contributed by atoms with Crippen LogP contribution < -0.4 is 0 Å². The molecule has 0 amide bonds. The van der Waals surface area contributed by atoms with E-state index in [1.165, 1.54) is 0 Å². The second-order valence-electron chi connectivity index (χ2n) is 8.12. The van der Waals surface area contributed by atoms with E-state index in [1.807, 2.05) is 48.5 Å². The molecule has 2 heterocycles. The second kappa shape index (κ2) is 7.81. The average molecular weight is 432 g/mol. The van der Waals surface area contributed by atoms with Gasteiger partial charge < -0.3 is 0 Å². The topological polar surface area (TPSA) is 73.4 Å². The predicted octanol–water partition coefficient (Wildman–Crippen LogP) is 7.01. The van der Waals surface area contributed by atoms with Crippen LogP contribution in [-0.2, 0) is 0 Å². The van der Waals surface area contributed by atoms with Gasteiger partial charge >= 0.3 is 0 Å². The Morgan fingerprint density at radius 1 is 0.471 bits per heavy atom. The van der Waals surface area contributed by atoms with Gasteiger partial charge in [0.25, 0.3) is 0 Å². The van der Waals surface area contributed by atoms with Crippen molar-refractivity contribution < 1.29 is 0 Å². The lowest BCUT2D eigenvalue weighted by atomic mass is 9.88. The minimum atomic E-state index is 0.396. The maximum Gasteiger partial charge on any atom is 0.141 e. The molecule has 0 aliphatic heterocycles. The Balaban J connectivity index is 1.77. The van der Waals surface area contributed by atoms with Crippen molar-refractivity contribution in [2.45, 2.75) is 0 Å². The van der Waals surface area contributed by atoms with E-state index in [4.69, 9.17) is 0 Å². The number of fused-ring (bicyclic) bond motifs is 5. The summed E-state index contributed by atoms with van der Waals surface area (Å²) in [6, 6.07) is 33.0. The third-order valence-corrected chi connectivity index (χ3v) is 6.25. The van der Waals surface area contributed by atoms with Crippen LogP contribution in [0.5, 0.6) is 0 Å². The van der Waals surface area contributed by atoms with E-state index < -0.39 is 0 Å². The molecule has 0 aliphatic rings. The van der Waals surface area contributed by atoms with Gasteiger partial charge in [0.05, 0.1) is 0 Å². The first-order valence-corrected chi connectivity index (χ1v) is 10.9. The molecule has 0 fully saturated rings. The summed E-state index contributed by atoms with van der Waals surface area (Å²) in [5.74, 6) is 0. The van der Waals surface area contributed by atoms with Crippen molar-refractivity contribution in [3.63, 3.8) is 0 Å². The van der Waals surface area contributed by atoms with Crippen molar-refractivity contribution in [1.82, 2.24) is 9.97 Å². The molecule has 34 heavy (non-hydrogen) atoms. The third kappa shape index (κ3) is 3.06. The number of nitriles is 2. The minimum absolute atomic E-state index is 0.396. The lowest BCUT2D eigenvalue weighted by Crippen LogP contribution is -1.91. The molecule has 0 radical (unpaired) electrons. The maximum absolute atomic E-state index is 9.37. The van der Waals surface area contributed by atoms with Gasteiger partial charge in [0.15, 0.2) is 0 Å². The molecule has 0 atom stereocenters. The van der Waals surface area contributed by atoms with Crippen molar-refractivity contribution in [2.75, 3.05) is 0 Å². The van der Waals surface area contributed by atoms with Crippen molar-refractivity contribution >= 4 is 32.3 Å². The largest absolute Gasteiger partial charge is 0.246 e. The normalized spacial score (nSPS) is 10.9. The molecular formula is C30H16N4. The van der Waals surface area contributed by atoms with E-state index in [0.717, 1.165) is 54.6 Å². The lowest BCUT2D eigenvalue weighted by Gasteiger charge is -2.16. The van der Waals surface area contributed by atoms with Crippen LogP contribution in [0.3, 0.4) is 0 Å². The lowest BCUT2D eigenvalue weighted by molar-refractivity contribution is 1.27. The summed E-state index contributed by atoms with van der Waals surface area (Å²) in [6.45, 7) is 0. The SMILES string of the molecule is N#Cc1cc(-c2cc3c4ccccc4c(-c4ccnc(C#N)c4)cc3c3ccccc23)ccn1. The Hall–Kier alpha value is -5.06. The first kappa shape index (κ1) is 19.6. The smallest absolute Gasteiger partial charge is 0.141 e. The molecule has 6 aromatic rings. The summed E-state index contributed by atoms with van der Waals surface area (Å²) < 4.78 is 0. The molecule has 2 aromatic heterocycles. The number of hydrogen-bond donors (Lipinski definition) is 0. The molecule has 0 bridgehead atoms. The number of aromatic nitrogens is 2. The van der Waals surface area contributed by atoms with E-state index >= 15 is 0 Å². The highest BCUT2D eigenvalue weighted by Gasteiger charge is 2.15. The Labute approximate surface area is 196 Å². The van der Waals surface area contributed by atoms with Gasteiger partial charge in [-0.15, -0.1) is 0 Å². The van der Waals surface area contributed by atoms with Gasteiger partial charge in [-0.3, -0.25) is 0 Å². The third-order valence-electron chi connectivity index (χ3n) is 6.25. The Kier molecular flexibility index (Phi) is 4.51. The molecule has 0 N–H and O–H groups in total. The monoisotopic (exact) mass is 432 g/mol. The summed E-state index contributed by atoms with van der Waals surface area (Å²) in [4.78, 5) is 8.29. The van der Waals surface area contributed by atoms with Crippen molar-refractivity contribution in [3.05, 3.63) is 109 Å². The first-order chi connectivity index (χ1) is 16.8. The van der Waals surface area contributed by atoms with Gasteiger partial charge in [0.2, 0.25) is 0 Å². The number of hydrogen-bond acceptors (Lipinski definition) is 4. The van der Waals surface area contributed by atoms with Crippen LogP contribution in [0.15, 0.2) is 97.3 Å². The summed E-state index contributed by atoms with van der Waals surface area (Å²) in [7, 11) is 0. The highest BCUT2D eigenvalue weighted by atomic mass is 14.7. The van der Waals surface area contributed by atoms with Crippen LogP contribution in [0.4, 0.5) is 0 Å². The van der Waals surface area contributed by atoms with Crippen molar-refractivity contribution in [3.8, 4) is 34.4 Å². The van der Waals surface area contributed by atoms with Crippen LogP contribution >= 0.6 is 0 Å². The first-order valence-electron chi connectivity index (χ1n) is 10.9. The quantitative estimate of drug-likeness (QED) is 0.276. The van der Waals surface area contributed by atoms with Gasteiger partial charge in [-0.1, -0.05) is 48.5 Å². The minimum Gasteiger partial charge on any atom is -0.246 e. The molecule has 0 saturated heterocycles. The standard InChI is InChI=1S/C30H16N4/c31-17-21-13-19(9-11-33-21)27-15-30-26-8-4-2-6-24(26)28(20-10-12-34-22(14-20)18-32)16-29(30)25-7-3-1-5-23(25)27/h1-16H. The van der Waals surface area contributed by atoms with E-state index in [1.54, 1.807) is 12.4 Å². The summed E-state index contributed by atoms with van der Waals surface area (Å²) >= 11 is 0. The van der Waals surface area contributed by atoms with Crippen molar-refractivity contribution in [2.24, 2.45) is 0 Å². The maximum atomic E-state index is 9.37. The number of pyridine rings is 2. The molecule has 4 heteroatoms. The van der Waals surface area contributed by atoms with Crippen LogP contribution in [0, 0.1) is 22.7 Å². The molecule has 0 unspecified atom stereocenters. The van der Waals surface area contributed by atoms with Gasteiger partial charge in [-0.05, 0) is 91.0 Å². The van der Waals surface area contributed by atoms with Crippen LogP contribution in [0.25, 0.3) is 54.6 Å². The Morgan fingerprint density at radius 2 is 0.882 bits per heavy atom. The molecular weight excluding hydrogens is 416 g/mol. The van der Waals surface area contributed by atoms with Gasteiger partial charge in [0.1, 0.15) is 23.5 Å². The Morgan fingerprint density at radius 3 is 1.29 bits per heavy atom. The van der Waals surface area contributed by atoms with E-state index in [0.29, 0.717) is 11.4 Å². The average Bonchev–Trinajstić information content (AvgIpc) is 2.92. The molecule has 4 aromatic carbocycles. The zero-order valence-electron chi connectivity index (χ0n) is 18.0. The highest BCUT2D eigenvalue weighted by molar-refractivity contribution is 6.23. The summed E-state index contributed by atoms with van der Waals surface area (Å²) in [6.07, 6.45) is 3.37. The van der Waals surface area contributed by atoms with Crippen LogP contribution in [0.1, 0.15) is 11.4 Å². The van der Waals surface area contributed by atoms with E-state index in [9.17, 15) is 10.5 Å². The summed E-state index contributed by atoms with van der Waals surface area (Å²) in [5.41, 5.74) is 4.85.